The number of anilines is 2. The van der Waals surface area contributed by atoms with E-state index in [1.807, 2.05) is 92.7 Å². The van der Waals surface area contributed by atoms with Crippen molar-refractivity contribution in [1.82, 2.24) is 0 Å². The third kappa shape index (κ3) is 5.30. The minimum atomic E-state index is -0.316. The van der Waals surface area contributed by atoms with E-state index in [0.717, 1.165) is 22.4 Å². The highest BCUT2D eigenvalue weighted by Gasteiger charge is 2.19. The zero-order valence-electron chi connectivity index (χ0n) is 16.2. The van der Waals surface area contributed by atoms with Crippen LogP contribution in [-0.4, -0.2) is 11.8 Å². The Morgan fingerprint density at radius 3 is 2.00 bits per heavy atom. The normalized spacial score (nSPS) is 10.4. The third-order valence-corrected chi connectivity index (χ3v) is 4.37. The van der Waals surface area contributed by atoms with Gasteiger partial charge in [-0.1, -0.05) is 54.6 Å². The largest absolute Gasteiger partial charge is 0.326 e. The number of carbonyl (C=O) groups is 2. The van der Waals surface area contributed by atoms with Crippen LogP contribution in [0.3, 0.4) is 0 Å². The first kappa shape index (κ1) is 19.4. The van der Waals surface area contributed by atoms with Crippen molar-refractivity contribution in [2.24, 2.45) is 0 Å². The van der Waals surface area contributed by atoms with Gasteiger partial charge in [-0.25, -0.2) is 0 Å². The van der Waals surface area contributed by atoms with Crippen LogP contribution >= 0.6 is 0 Å². The van der Waals surface area contributed by atoms with Crippen molar-refractivity contribution in [2.75, 3.05) is 10.2 Å². The minimum Gasteiger partial charge on any atom is -0.326 e. The van der Waals surface area contributed by atoms with Gasteiger partial charge >= 0.3 is 0 Å². The Kier molecular flexibility index (Phi) is 6.22. The van der Waals surface area contributed by atoms with Crippen LogP contribution in [0, 0.1) is 13.8 Å². The van der Waals surface area contributed by atoms with E-state index in [1.165, 1.54) is 0 Å². The van der Waals surface area contributed by atoms with E-state index < -0.39 is 0 Å². The quantitative estimate of drug-likeness (QED) is 0.628. The highest BCUT2D eigenvalue weighted by molar-refractivity contribution is 6.09. The van der Waals surface area contributed by atoms with E-state index in [4.69, 9.17) is 0 Å². The summed E-state index contributed by atoms with van der Waals surface area (Å²) < 4.78 is 0. The molecular formula is C24H24N2O2. The number of rotatable bonds is 6. The summed E-state index contributed by atoms with van der Waals surface area (Å²) in [5, 5.41) is 2.84. The van der Waals surface area contributed by atoms with E-state index in [9.17, 15) is 9.59 Å². The zero-order valence-corrected chi connectivity index (χ0v) is 16.2. The Morgan fingerprint density at radius 2 is 1.39 bits per heavy atom. The van der Waals surface area contributed by atoms with Crippen LogP contribution < -0.4 is 10.2 Å². The molecule has 4 heteroatoms. The molecule has 0 bridgehead atoms. The molecule has 142 valence electrons. The van der Waals surface area contributed by atoms with Crippen LogP contribution in [0.5, 0.6) is 0 Å². The molecule has 0 aliphatic carbocycles. The van der Waals surface area contributed by atoms with E-state index in [-0.39, 0.29) is 18.2 Å². The molecule has 0 fully saturated rings. The van der Waals surface area contributed by atoms with Crippen molar-refractivity contribution in [1.29, 1.82) is 0 Å². The van der Waals surface area contributed by atoms with E-state index in [2.05, 4.69) is 5.32 Å². The van der Waals surface area contributed by atoms with Gasteiger partial charge in [-0.15, -0.1) is 0 Å². The third-order valence-electron chi connectivity index (χ3n) is 4.37. The van der Waals surface area contributed by atoms with Gasteiger partial charge in [0.1, 0.15) is 6.42 Å². The molecule has 0 aliphatic rings. The van der Waals surface area contributed by atoms with Crippen molar-refractivity contribution < 1.29 is 9.59 Å². The number of hydrogen-bond acceptors (Lipinski definition) is 2. The molecule has 2 amide bonds. The number of nitrogens with one attached hydrogen (secondary N) is 1. The molecule has 0 aliphatic heterocycles. The van der Waals surface area contributed by atoms with Crippen LogP contribution in [0.25, 0.3) is 0 Å². The molecule has 3 rings (SSSR count). The SMILES string of the molecule is Cc1cc(C)cc(NC(=O)CC(=O)N(Cc2ccccc2)c2ccccc2)c1. The lowest BCUT2D eigenvalue weighted by molar-refractivity contribution is -0.125. The van der Waals surface area contributed by atoms with Crippen molar-refractivity contribution in [3.05, 3.63) is 95.6 Å². The molecule has 3 aromatic rings. The van der Waals surface area contributed by atoms with Crippen LogP contribution in [0.4, 0.5) is 11.4 Å². The van der Waals surface area contributed by atoms with Crippen molar-refractivity contribution in [2.45, 2.75) is 26.8 Å². The van der Waals surface area contributed by atoms with Gasteiger partial charge in [0.2, 0.25) is 11.8 Å². The van der Waals surface area contributed by atoms with Crippen molar-refractivity contribution >= 4 is 23.2 Å². The Balaban J connectivity index is 1.74. The average Bonchev–Trinajstić information content (AvgIpc) is 2.66. The molecule has 1 N–H and O–H groups in total. The summed E-state index contributed by atoms with van der Waals surface area (Å²) >= 11 is 0. The molecule has 0 saturated carbocycles. The molecule has 4 nitrogen and oxygen atoms in total. The number of hydrogen-bond donors (Lipinski definition) is 1. The molecule has 0 saturated heterocycles. The molecule has 0 atom stereocenters. The number of para-hydroxylation sites is 1. The highest BCUT2D eigenvalue weighted by atomic mass is 16.2. The van der Waals surface area contributed by atoms with Gasteiger partial charge in [0, 0.05) is 11.4 Å². The minimum absolute atomic E-state index is 0.214. The lowest BCUT2D eigenvalue weighted by atomic mass is 10.1. The Bertz CT molecular complexity index is 933. The summed E-state index contributed by atoms with van der Waals surface area (Å²) in [6, 6.07) is 25.0. The van der Waals surface area contributed by atoms with Crippen LogP contribution in [0.15, 0.2) is 78.9 Å². The predicted molar refractivity (Wildman–Crippen MR) is 113 cm³/mol. The maximum Gasteiger partial charge on any atom is 0.236 e. The zero-order chi connectivity index (χ0) is 19.9. The molecule has 3 aromatic carbocycles. The van der Waals surface area contributed by atoms with Crippen LogP contribution in [0.1, 0.15) is 23.1 Å². The van der Waals surface area contributed by atoms with Gasteiger partial charge in [0.05, 0.1) is 6.54 Å². The maximum atomic E-state index is 12.9. The summed E-state index contributed by atoms with van der Waals surface area (Å²) in [5.74, 6) is -0.555. The summed E-state index contributed by atoms with van der Waals surface area (Å²) in [6.07, 6.45) is -0.214. The molecule has 0 spiro atoms. The number of nitrogens with zero attached hydrogens (tertiary/aromatic N) is 1. The van der Waals surface area contributed by atoms with Crippen LogP contribution in [0.2, 0.25) is 0 Å². The lowest BCUT2D eigenvalue weighted by Crippen LogP contribution is -2.33. The Morgan fingerprint density at radius 1 is 0.821 bits per heavy atom. The van der Waals surface area contributed by atoms with Gasteiger partial charge < -0.3 is 10.2 Å². The fourth-order valence-corrected chi connectivity index (χ4v) is 3.18. The Hall–Kier alpha value is -3.40. The number of carbonyl (C=O) groups excluding carboxylic acids is 2. The fraction of sp³-hybridized carbons (Fsp3) is 0.167. The Labute approximate surface area is 165 Å². The van der Waals surface area contributed by atoms with E-state index in [1.54, 1.807) is 4.90 Å². The topological polar surface area (TPSA) is 49.4 Å². The molecular weight excluding hydrogens is 348 g/mol. The van der Waals surface area contributed by atoms with Gasteiger partial charge in [-0.05, 0) is 54.8 Å². The number of aryl methyl sites for hydroxylation is 2. The molecule has 0 unspecified atom stereocenters. The molecule has 0 aromatic heterocycles. The summed E-state index contributed by atoms with van der Waals surface area (Å²) in [7, 11) is 0. The van der Waals surface area contributed by atoms with Gasteiger partial charge in [-0.2, -0.15) is 0 Å². The second-order valence-electron chi connectivity index (χ2n) is 6.90. The first-order valence-corrected chi connectivity index (χ1v) is 9.29. The molecule has 28 heavy (non-hydrogen) atoms. The summed E-state index contributed by atoms with van der Waals surface area (Å²) in [5.41, 5.74) is 4.63. The van der Waals surface area contributed by atoms with Gasteiger partial charge in [-0.3, -0.25) is 9.59 Å². The number of amides is 2. The fourth-order valence-electron chi connectivity index (χ4n) is 3.18. The first-order valence-electron chi connectivity index (χ1n) is 9.29. The van der Waals surface area contributed by atoms with Gasteiger partial charge in [0.25, 0.3) is 0 Å². The maximum absolute atomic E-state index is 12.9. The van der Waals surface area contributed by atoms with E-state index >= 15 is 0 Å². The van der Waals surface area contributed by atoms with E-state index in [0.29, 0.717) is 12.2 Å². The van der Waals surface area contributed by atoms with Gasteiger partial charge in [0.15, 0.2) is 0 Å². The second kappa shape index (κ2) is 9.00. The second-order valence-corrected chi connectivity index (χ2v) is 6.90. The highest BCUT2D eigenvalue weighted by Crippen LogP contribution is 2.19. The summed E-state index contributed by atoms with van der Waals surface area (Å²) in [4.78, 5) is 27.1. The summed E-state index contributed by atoms with van der Waals surface area (Å²) in [6.45, 7) is 4.37. The smallest absolute Gasteiger partial charge is 0.236 e. The molecule has 0 heterocycles. The predicted octanol–water partition coefficient (Wildman–Crippen LogP) is 4.87. The van der Waals surface area contributed by atoms with Crippen molar-refractivity contribution in [3.63, 3.8) is 0 Å². The first-order chi connectivity index (χ1) is 13.5. The van der Waals surface area contributed by atoms with Crippen LogP contribution in [-0.2, 0) is 16.1 Å². The number of benzene rings is 3. The standard InChI is InChI=1S/C24H24N2O2/c1-18-13-19(2)15-21(14-18)25-23(27)16-24(28)26(22-11-7-4-8-12-22)17-20-9-5-3-6-10-20/h3-15H,16-17H2,1-2H3,(H,25,27). The molecule has 0 radical (unpaired) electrons. The monoisotopic (exact) mass is 372 g/mol. The average molecular weight is 372 g/mol. The van der Waals surface area contributed by atoms with Crippen molar-refractivity contribution in [3.8, 4) is 0 Å². The lowest BCUT2D eigenvalue weighted by Gasteiger charge is -2.23.